The first-order valence-electron chi connectivity index (χ1n) is 6.79. The second-order valence-electron chi connectivity index (χ2n) is 5.04. The van der Waals surface area contributed by atoms with Gasteiger partial charge in [-0.1, -0.05) is 6.92 Å². The van der Waals surface area contributed by atoms with Gasteiger partial charge in [-0.15, -0.1) is 0 Å². The van der Waals surface area contributed by atoms with Crippen molar-refractivity contribution in [1.82, 2.24) is 10.2 Å². The van der Waals surface area contributed by atoms with Crippen molar-refractivity contribution in [1.29, 1.82) is 0 Å². The van der Waals surface area contributed by atoms with Crippen LogP contribution in [0.4, 0.5) is 14.5 Å². The number of hydrogen-bond donors (Lipinski definition) is 2. The van der Waals surface area contributed by atoms with Crippen LogP contribution >= 0.6 is 0 Å². The van der Waals surface area contributed by atoms with E-state index in [1.165, 1.54) is 0 Å². The van der Waals surface area contributed by atoms with Crippen LogP contribution in [-0.2, 0) is 0 Å². The number of carbonyl (C=O) groups is 1. The molecule has 0 radical (unpaired) electrons. The number of nitrogens with two attached hydrogens (primary N) is 1. The zero-order valence-electron chi connectivity index (χ0n) is 11.5. The van der Waals surface area contributed by atoms with Gasteiger partial charge in [0.15, 0.2) is 0 Å². The lowest BCUT2D eigenvalue weighted by Gasteiger charge is -2.31. The molecule has 1 saturated heterocycles. The standard InChI is InChI=1S/C14H19F2N3O/c1-2-19-5-3-9(4-6-19)18-14(20)10-7-13(17)12(16)8-11(10)15/h7-9H,2-6,17H2,1H3,(H,18,20). The average molecular weight is 283 g/mol. The van der Waals surface area contributed by atoms with E-state index in [1.807, 2.05) is 0 Å². The zero-order valence-corrected chi connectivity index (χ0v) is 11.5. The minimum Gasteiger partial charge on any atom is -0.396 e. The van der Waals surface area contributed by atoms with E-state index in [1.54, 1.807) is 0 Å². The third-order valence-electron chi connectivity index (χ3n) is 3.70. The molecule has 1 aromatic carbocycles. The molecule has 0 spiro atoms. The quantitative estimate of drug-likeness (QED) is 0.831. The molecule has 2 rings (SSSR count). The topological polar surface area (TPSA) is 58.4 Å². The molecule has 1 heterocycles. The van der Waals surface area contributed by atoms with Crippen molar-refractivity contribution in [3.05, 3.63) is 29.3 Å². The Labute approximate surface area is 116 Å². The van der Waals surface area contributed by atoms with Gasteiger partial charge in [0.25, 0.3) is 5.91 Å². The Morgan fingerprint density at radius 1 is 1.35 bits per heavy atom. The summed E-state index contributed by atoms with van der Waals surface area (Å²) in [5.74, 6) is -2.28. The van der Waals surface area contributed by atoms with E-state index >= 15 is 0 Å². The van der Waals surface area contributed by atoms with Gasteiger partial charge >= 0.3 is 0 Å². The number of anilines is 1. The average Bonchev–Trinajstić information content (AvgIpc) is 2.43. The van der Waals surface area contributed by atoms with E-state index in [2.05, 4.69) is 17.1 Å². The highest BCUT2D eigenvalue weighted by molar-refractivity contribution is 5.95. The largest absolute Gasteiger partial charge is 0.396 e. The summed E-state index contributed by atoms with van der Waals surface area (Å²) in [6, 6.07) is 1.71. The fourth-order valence-electron chi connectivity index (χ4n) is 2.40. The van der Waals surface area contributed by atoms with Gasteiger partial charge in [0.05, 0.1) is 11.3 Å². The summed E-state index contributed by atoms with van der Waals surface area (Å²) < 4.78 is 26.6. The fraction of sp³-hybridized carbons (Fsp3) is 0.500. The van der Waals surface area contributed by atoms with Crippen molar-refractivity contribution in [3.63, 3.8) is 0 Å². The lowest BCUT2D eigenvalue weighted by molar-refractivity contribution is 0.0908. The molecule has 3 N–H and O–H groups in total. The predicted octanol–water partition coefficient (Wildman–Crippen LogP) is 1.76. The van der Waals surface area contributed by atoms with Crippen LogP contribution in [0, 0.1) is 11.6 Å². The van der Waals surface area contributed by atoms with E-state index in [9.17, 15) is 13.6 Å². The lowest BCUT2D eigenvalue weighted by Crippen LogP contribution is -2.44. The summed E-state index contributed by atoms with van der Waals surface area (Å²) >= 11 is 0. The van der Waals surface area contributed by atoms with Crippen molar-refractivity contribution < 1.29 is 13.6 Å². The first kappa shape index (κ1) is 14.7. The number of hydrogen-bond acceptors (Lipinski definition) is 3. The molecule has 1 amide bonds. The van der Waals surface area contributed by atoms with Crippen LogP contribution in [-0.4, -0.2) is 36.5 Å². The molecule has 1 aliphatic heterocycles. The second kappa shape index (κ2) is 6.17. The van der Waals surface area contributed by atoms with Gasteiger partial charge in [0.2, 0.25) is 0 Å². The number of nitrogens with zero attached hydrogens (tertiary/aromatic N) is 1. The number of halogens is 2. The molecule has 0 aliphatic carbocycles. The highest BCUT2D eigenvalue weighted by Crippen LogP contribution is 2.17. The van der Waals surface area contributed by atoms with Crippen LogP contribution in [0.25, 0.3) is 0 Å². The van der Waals surface area contributed by atoms with Crippen LogP contribution in [0.1, 0.15) is 30.1 Å². The van der Waals surface area contributed by atoms with Crippen molar-refractivity contribution in [2.24, 2.45) is 0 Å². The predicted molar refractivity (Wildman–Crippen MR) is 73.4 cm³/mol. The summed E-state index contributed by atoms with van der Waals surface area (Å²) in [6.07, 6.45) is 1.66. The number of benzene rings is 1. The molecular weight excluding hydrogens is 264 g/mol. The molecule has 1 aliphatic rings. The molecule has 0 aromatic heterocycles. The van der Waals surface area contributed by atoms with Crippen LogP contribution < -0.4 is 11.1 Å². The van der Waals surface area contributed by atoms with E-state index in [4.69, 9.17) is 5.73 Å². The van der Waals surface area contributed by atoms with Crippen molar-refractivity contribution in [2.75, 3.05) is 25.4 Å². The maximum absolute atomic E-state index is 13.6. The van der Waals surface area contributed by atoms with Crippen LogP contribution in [0.15, 0.2) is 12.1 Å². The SMILES string of the molecule is CCN1CCC(NC(=O)c2cc(N)c(F)cc2F)CC1. The molecule has 0 unspecified atom stereocenters. The van der Waals surface area contributed by atoms with Gasteiger partial charge in [0, 0.05) is 25.2 Å². The Balaban J connectivity index is 2.01. The Hall–Kier alpha value is -1.69. The molecule has 6 heteroatoms. The van der Waals surface area contributed by atoms with Crippen molar-refractivity contribution in [2.45, 2.75) is 25.8 Å². The summed E-state index contributed by atoms with van der Waals surface area (Å²) in [4.78, 5) is 14.3. The van der Waals surface area contributed by atoms with E-state index in [-0.39, 0.29) is 17.3 Å². The third kappa shape index (κ3) is 3.25. The van der Waals surface area contributed by atoms with E-state index in [0.717, 1.165) is 38.5 Å². The normalized spacial score (nSPS) is 17.1. The number of carbonyl (C=O) groups excluding carboxylic acids is 1. The molecule has 0 atom stereocenters. The summed E-state index contributed by atoms with van der Waals surface area (Å²) in [5.41, 5.74) is 4.94. The van der Waals surface area contributed by atoms with Gasteiger partial charge < -0.3 is 16.0 Å². The number of nitrogens with one attached hydrogen (secondary N) is 1. The van der Waals surface area contributed by atoms with Crippen LogP contribution in [0.5, 0.6) is 0 Å². The van der Waals surface area contributed by atoms with Crippen molar-refractivity contribution >= 4 is 11.6 Å². The number of likely N-dealkylation sites (tertiary alicyclic amines) is 1. The van der Waals surface area contributed by atoms with Crippen LogP contribution in [0.2, 0.25) is 0 Å². The fourth-order valence-corrected chi connectivity index (χ4v) is 2.40. The monoisotopic (exact) mass is 283 g/mol. The minimum absolute atomic E-state index is 0.0241. The molecule has 110 valence electrons. The van der Waals surface area contributed by atoms with Gasteiger partial charge in [-0.2, -0.15) is 0 Å². The van der Waals surface area contributed by atoms with E-state index < -0.39 is 17.5 Å². The Morgan fingerprint density at radius 3 is 2.60 bits per heavy atom. The molecule has 0 bridgehead atoms. The number of rotatable bonds is 3. The zero-order chi connectivity index (χ0) is 14.7. The minimum atomic E-state index is -0.889. The number of amides is 1. The molecule has 1 fully saturated rings. The molecule has 0 saturated carbocycles. The third-order valence-corrected chi connectivity index (χ3v) is 3.70. The van der Waals surface area contributed by atoms with Gasteiger partial charge in [0.1, 0.15) is 11.6 Å². The first-order chi connectivity index (χ1) is 9.51. The lowest BCUT2D eigenvalue weighted by atomic mass is 10.0. The summed E-state index contributed by atoms with van der Waals surface area (Å²) in [6.45, 7) is 4.91. The maximum Gasteiger partial charge on any atom is 0.254 e. The van der Waals surface area contributed by atoms with Gasteiger partial charge in [-0.3, -0.25) is 4.79 Å². The molecule has 1 aromatic rings. The Kier molecular flexibility index (Phi) is 4.54. The van der Waals surface area contributed by atoms with E-state index in [0.29, 0.717) is 6.07 Å². The van der Waals surface area contributed by atoms with Gasteiger partial charge in [-0.05, 0) is 25.5 Å². The second-order valence-corrected chi connectivity index (χ2v) is 5.04. The summed E-state index contributed by atoms with van der Waals surface area (Å²) in [7, 11) is 0. The van der Waals surface area contributed by atoms with Crippen LogP contribution in [0.3, 0.4) is 0 Å². The van der Waals surface area contributed by atoms with Crippen molar-refractivity contribution in [3.8, 4) is 0 Å². The number of nitrogen functional groups attached to an aromatic ring is 1. The summed E-state index contributed by atoms with van der Waals surface area (Å²) in [5, 5.41) is 2.78. The maximum atomic E-state index is 13.6. The first-order valence-corrected chi connectivity index (χ1v) is 6.79. The highest BCUT2D eigenvalue weighted by atomic mass is 19.1. The Morgan fingerprint density at radius 2 is 2.00 bits per heavy atom. The highest BCUT2D eigenvalue weighted by Gasteiger charge is 2.22. The molecular formula is C14H19F2N3O. The smallest absolute Gasteiger partial charge is 0.254 e. The number of piperidine rings is 1. The molecule has 20 heavy (non-hydrogen) atoms. The Bertz CT molecular complexity index is 499. The van der Waals surface area contributed by atoms with Gasteiger partial charge in [-0.25, -0.2) is 8.78 Å². The molecule has 4 nitrogen and oxygen atoms in total.